The van der Waals surface area contributed by atoms with Gasteiger partial charge in [-0.15, -0.1) is 0 Å². The average Bonchev–Trinajstić information content (AvgIpc) is 2.60. The SMILES string of the molecule is CCO[C@H]1OC(C(=O)Nc2cccnc2)=C[C@@H](C(C)(C)C)[C@@H]1CCCO. The van der Waals surface area contributed by atoms with Crippen LogP contribution in [0.1, 0.15) is 40.5 Å². The molecule has 0 bridgehead atoms. The molecule has 0 radical (unpaired) electrons. The van der Waals surface area contributed by atoms with Crippen LogP contribution in [0.25, 0.3) is 0 Å². The summed E-state index contributed by atoms with van der Waals surface area (Å²) in [5.41, 5.74) is 0.545. The molecule has 1 aromatic rings. The second-order valence-electron chi connectivity index (χ2n) is 7.59. The number of hydrogen-bond donors (Lipinski definition) is 2. The summed E-state index contributed by atoms with van der Waals surface area (Å²) < 4.78 is 11.7. The molecule has 2 N–H and O–H groups in total. The van der Waals surface area contributed by atoms with Gasteiger partial charge in [0.2, 0.25) is 6.29 Å². The minimum Gasteiger partial charge on any atom is -0.459 e. The summed E-state index contributed by atoms with van der Waals surface area (Å²) >= 11 is 0. The van der Waals surface area contributed by atoms with Crippen molar-refractivity contribution in [3.8, 4) is 0 Å². The van der Waals surface area contributed by atoms with Crippen molar-refractivity contribution in [3.63, 3.8) is 0 Å². The van der Waals surface area contributed by atoms with Gasteiger partial charge in [-0.25, -0.2) is 0 Å². The van der Waals surface area contributed by atoms with Crippen molar-refractivity contribution < 1.29 is 19.4 Å². The molecule has 6 heteroatoms. The van der Waals surface area contributed by atoms with Crippen LogP contribution in [0.15, 0.2) is 36.4 Å². The molecule has 1 aliphatic heterocycles. The molecule has 0 saturated heterocycles. The molecule has 0 aliphatic carbocycles. The van der Waals surface area contributed by atoms with Gasteiger partial charge in [-0.05, 0) is 49.3 Å². The Morgan fingerprint density at radius 1 is 1.42 bits per heavy atom. The van der Waals surface area contributed by atoms with Crippen LogP contribution in [0.2, 0.25) is 0 Å². The molecule has 3 atom stereocenters. The fourth-order valence-corrected chi connectivity index (χ4v) is 3.32. The lowest BCUT2D eigenvalue weighted by Gasteiger charge is -2.42. The molecule has 2 heterocycles. The maximum absolute atomic E-state index is 12.7. The standard InChI is InChI=1S/C20H30N2O4/c1-5-25-19-15(9-7-11-23)16(20(2,3)4)12-17(26-19)18(24)22-14-8-6-10-21-13-14/h6,8,10,12-13,15-16,19,23H,5,7,9,11H2,1-4H3,(H,22,24)/t15-,16+,19-/m0/s1. The van der Waals surface area contributed by atoms with E-state index in [0.29, 0.717) is 18.7 Å². The van der Waals surface area contributed by atoms with Gasteiger partial charge in [-0.2, -0.15) is 0 Å². The number of hydrogen-bond acceptors (Lipinski definition) is 5. The molecule has 0 aromatic carbocycles. The van der Waals surface area contributed by atoms with Crippen LogP contribution in [0.5, 0.6) is 0 Å². The Kier molecular flexibility index (Phi) is 7.17. The maximum Gasteiger partial charge on any atom is 0.290 e. The van der Waals surface area contributed by atoms with E-state index in [0.717, 1.165) is 6.42 Å². The number of aliphatic hydroxyl groups is 1. The molecule has 6 nitrogen and oxygen atoms in total. The summed E-state index contributed by atoms with van der Waals surface area (Å²) in [5.74, 6) is 0.135. The first-order valence-electron chi connectivity index (χ1n) is 9.19. The van der Waals surface area contributed by atoms with Crippen molar-refractivity contribution in [2.45, 2.75) is 46.8 Å². The van der Waals surface area contributed by atoms with Crippen LogP contribution >= 0.6 is 0 Å². The average molecular weight is 362 g/mol. The van der Waals surface area contributed by atoms with Gasteiger partial charge in [-0.3, -0.25) is 9.78 Å². The Bertz CT molecular complexity index is 610. The van der Waals surface area contributed by atoms with Crippen LogP contribution in [-0.4, -0.2) is 35.5 Å². The molecule has 1 aromatic heterocycles. The van der Waals surface area contributed by atoms with E-state index < -0.39 is 6.29 Å². The lowest BCUT2D eigenvalue weighted by atomic mass is 9.70. The summed E-state index contributed by atoms with van der Waals surface area (Å²) in [4.78, 5) is 16.7. The first kappa shape index (κ1) is 20.4. The van der Waals surface area contributed by atoms with E-state index in [9.17, 15) is 9.90 Å². The monoisotopic (exact) mass is 362 g/mol. The number of amides is 1. The third-order valence-corrected chi connectivity index (χ3v) is 4.55. The zero-order valence-electron chi connectivity index (χ0n) is 16.1. The van der Waals surface area contributed by atoms with Crippen LogP contribution in [0.4, 0.5) is 5.69 Å². The van der Waals surface area contributed by atoms with Gasteiger partial charge in [0.1, 0.15) is 0 Å². The summed E-state index contributed by atoms with van der Waals surface area (Å²) in [5, 5.41) is 12.1. The van der Waals surface area contributed by atoms with Crippen molar-refractivity contribution in [2.24, 2.45) is 17.3 Å². The number of anilines is 1. The molecule has 0 fully saturated rings. The highest BCUT2D eigenvalue weighted by molar-refractivity contribution is 6.02. The number of carbonyl (C=O) groups is 1. The highest BCUT2D eigenvalue weighted by Gasteiger charge is 2.42. The largest absolute Gasteiger partial charge is 0.459 e. The van der Waals surface area contributed by atoms with E-state index in [2.05, 4.69) is 31.1 Å². The van der Waals surface area contributed by atoms with Gasteiger partial charge >= 0.3 is 0 Å². The van der Waals surface area contributed by atoms with Gasteiger partial charge in [0.15, 0.2) is 5.76 Å². The van der Waals surface area contributed by atoms with E-state index in [1.807, 2.05) is 13.0 Å². The normalized spacial score (nSPS) is 23.1. The van der Waals surface area contributed by atoms with Crippen LogP contribution in [0, 0.1) is 17.3 Å². The number of aromatic nitrogens is 1. The third-order valence-electron chi connectivity index (χ3n) is 4.55. The summed E-state index contributed by atoms with van der Waals surface area (Å²) in [6.07, 6.45) is 6.09. The minimum atomic E-state index is -0.504. The van der Waals surface area contributed by atoms with Crippen LogP contribution in [0.3, 0.4) is 0 Å². The van der Waals surface area contributed by atoms with Crippen molar-refractivity contribution in [1.29, 1.82) is 0 Å². The zero-order valence-corrected chi connectivity index (χ0v) is 16.1. The lowest BCUT2D eigenvalue weighted by molar-refractivity contribution is -0.178. The number of carbonyl (C=O) groups excluding carboxylic acids is 1. The molecule has 1 amide bonds. The molecule has 2 rings (SSSR count). The van der Waals surface area contributed by atoms with Crippen molar-refractivity contribution in [1.82, 2.24) is 4.98 Å². The topological polar surface area (TPSA) is 80.7 Å². The Labute approximate surface area is 155 Å². The number of allylic oxidation sites excluding steroid dienone is 1. The fourth-order valence-electron chi connectivity index (χ4n) is 3.32. The minimum absolute atomic E-state index is 0.0704. The van der Waals surface area contributed by atoms with Crippen molar-refractivity contribution in [2.75, 3.05) is 18.5 Å². The Balaban J connectivity index is 2.27. The highest BCUT2D eigenvalue weighted by atomic mass is 16.7. The second kappa shape index (κ2) is 9.14. The van der Waals surface area contributed by atoms with Gasteiger partial charge in [0, 0.05) is 25.3 Å². The van der Waals surface area contributed by atoms with Gasteiger partial charge in [-0.1, -0.05) is 20.8 Å². The summed E-state index contributed by atoms with van der Waals surface area (Å²) in [6.45, 7) is 8.96. The smallest absolute Gasteiger partial charge is 0.290 e. The zero-order chi connectivity index (χ0) is 19.2. The molecule has 1 aliphatic rings. The molecule has 144 valence electrons. The summed E-state index contributed by atoms with van der Waals surface area (Å²) in [6, 6.07) is 3.54. The van der Waals surface area contributed by atoms with E-state index in [-0.39, 0.29) is 35.5 Å². The number of aliphatic hydroxyl groups excluding tert-OH is 1. The predicted octanol–water partition coefficient (Wildman–Crippen LogP) is 3.35. The maximum atomic E-state index is 12.7. The highest BCUT2D eigenvalue weighted by Crippen LogP contribution is 2.42. The Morgan fingerprint density at radius 3 is 2.77 bits per heavy atom. The molecule has 0 unspecified atom stereocenters. The predicted molar refractivity (Wildman–Crippen MR) is 100 cm³/mol. The number of nitrogens with one attached hydrogen (secondary N) is 1. The fraction of sp³-hybridized carbons (Fsp3) is 0.600. The number of ether oxygens (including phenoxy) is 2. The van der Waals surface area contributed by atoms with E-state index in [4.69, 9.17) is 9.47 Å². The second-order valence-corrected chi connectivity index (χ2v) is 7.59. The number of rotatable bonds is 7. The van der Waals surface area contributed by atoms with Gasteiger partial charge < -0.3 is 19.9 Å². The molecular weight excluding hydrogens is 332 g/mol. The molecule has 0 saturated carbocycles. The summed E-state index contributed by atoms with van der Waals surface area (Å²) in [7, 11) is 0. The van der Waals surface area contributed by atoms with Crippen LogP contribution in [-0.2, 0) is 14.3 Å². The molecule has 0 spiro atoms. The Hall–Kier alpha value is -1.92. The number of pyridine rings is 1. The van der Waals surface area contributed by atoms with Gasteiger partial charge in [0.05, 0.1) is 11.9 Å². The first-order chi connectivity index (χ1) is 12.4. The quantitative estimate of drug-likeness (QED) is 0.777. The van der Waals surface area contributed by atoms with Gasteiger partial charge in [0.25, 0.3) is 5.91 Å². The van der Waals surface area contributed by atoms with E-state index >= 15 is 0 Å². The van der Waals surface area contributed by atoms with E-state index in [1.54, 1.807) is 24.5 Å². The number of nitrogens with zero attached hydrogens (tertiary/aromatic N) is 1. The first-order valence-corrected chi connectivity index (χ1v) is 9.19. The van der Waals surface area contributed by atoms with E-state index in [1.165, 1.54) is 0 Å². The van der Waals surface area contributed by atoms with Crippen molar-refractivity contribution in [3.05, 3.63) is 36.4 Å². The van der Waals surface area contributed by atoms with Crippen molar-refractivity contribution >= 4 is 11.6 Å². The third kappa shape index (κ3) is 5.29. The van der Waals surface area contributed by atoms with Crippen LogP contribution < -0.4 is 5.32 Å². The Morgan fingerprint density at radius 2 is 2.19 bits per heavy atom. The lowest BCUT2D eigenvalue weighted by Crippen LogP contribution is -2.42. The molecule has 26 heavy (non-hydrogen) atoms. The molecular formula is C20H30N2O4.